The van der Waals surface area contributed by atoms with Gasteiger partial charge in [0.05, 0.1) is 5.56 Å². The molecule has 0 bridgehead atoms. The molecule has 5 nitrogen and oxygen atoms in total. The monoisotopic (exact) mass is 278 g/mol. The van der Waals surface area contributed by atoms with Gasteiger partial charge in [-0.1, -0.05) is 25.5 Å². The highest BCUT2D eigenvalue weighted by atomic mass is 16.5. The lowest BCUT2D eigenvalue weighted by atomic mass is 10.1. The van der Waals surface area contributed by atoms with Gasteiger partial charge in [-0.05, 0) is 31.9 Å². The Morgan fingerprint density at radius 2 is 2.10 bits per heavy atom. The number of ether oxygens (including phenoxy) is 1. The van der Waals surface area contributed by atoms with Crippen molar-refractivity contribution in [1.82, 2.24) is 5.32 Å². The molecular weight excluding hydrogens is 256 g/mol. The third-order valence-electron chi connectivity index (χ3n) is 2.97. The summed E-state index contributed by atoms with van der Waals surface area (Å²) < 4.78 is 5.00. The molecule has 1 unspecified atom stereocenters. The van der Waals surface area contributed by atoms with E-state index in [2.05, 4.69) is 5.32 Å². The minimum absolute atomic E-state index is 0.0785. The van der Waals surface area contributed by atoms with Crippen LogP contribution in [-0.2, 0) is 9.53 Å². The van der Waals surface area contributed by atoms with Crippen molar-refractivity contribution in [2.24, 2.45) is 0 Å². The molecule has 0 radical (unpaired) electrons. The van der Waals surface area contributed by atoms with Crippen molar-refractivity contribution in [3.05, 3.63) is 29.3 Å². The van der Waals surface area contributed by atoms with Crippen LogP contribution in [-0.4, -0.2) is 24.5 Å². The molecular formula is C15H22N2O3. The van der Waals surface area contributed by atoms with Crippen molar-refractivity contribution in [1.29, 1.82) is 0 Å². The van der Waals surface area contributed by atoms with Gasteiger partial charge in [-0.25, -0.2) is 4.79 Å². The van der Waals surface area contributed by atoms with E-state index in [1.54, 1.807) is 25.1 Å². The summed E-state index contributed by atoms with van der Waals surface area (Å²) in [5.41, 5.74) is 7.16. The summed E-state index contributed by atoms with van der Waals surface area (Å²) in [6, 6.07) is 5.25. The molecule has 3 N–H and O–H groups in total. The van der Waals surface area contributed by atoms with E-state index in [4.69, 9.17) is 10.5 Å². The third-order valence-corrected chi connectivity index (χ3v) is 2.97. The summed E-state index contributed by atoms with van der Waals surface area (Å²) in [7, 11) is 0. The van der Waals surface area contributed by atoms with Gasteiger partial charge in [-0.15, -0.1) is 0 Å². The summed E-state index contributed by atoms with van der Waals surface area (Å²) in [4.78, 5) is 23.5. The standard InChI is InChI=1S/C15H22N2O3/c1-4-6-11(3)17-13(18)9-20-15(19)14-10(2)7-5-8-12(14)16/h5,7-8,11H,4,6,9,16H2,1-3H3,(H,17,18). The first kappa shape index (κ1) is 16.0. The molecule has 5 heteroatoms. The maximum Gasteiger partial charge on any atom is 0.341 e. The molecule has 1 aromatic rings. The number of rotatable bonds is 6. The van der Waals surface area contributed by atoms with Crippen LogP contribution in [0.1, 0.15) is 42.6 Å². The lowest BCUT2D eigenvalue weighted by molar-refractivity contribution is -0.124. The average molecular weight is 278 g/mol. The van der Waals surface area contributed by atoms with E-state index in [0.717, 1.165) is 18.4 Å². The number of amides is 1. The number of aryl methyl sites for hydroxylation is 1. The number of carbonyl (C=O) groups is 2. The molecule has 0 heterocycles. The predicted octanol–water partition coefficient (Wildman–Crippen LogP) is 2.04. The molecule has 20 heavy (non-hydrogen) atoms. The smallest absolute Gasteiger partial charge is 0.341 e. The zero-order valence-electron chi connectivity index (χ0n) is 12.2. The Morgan fingerprint density at radius 3 is 2.70 bits per heavy atom. The maximum absolute atomic E-state index is 11.9. The van der Waals surface area contributed by atoms with Crippen molar-refractivity contribution in [3.63, 3.8) is 0 Å². The second-order valence-corrected chi connectivity index (χ2v) is 4.87. The lowest BCUT2D eigenvalue weighted by Gasteiger charge is -2.13. The van der Waals surface area contributed by atoms with Crippen LogP contribution in [0.25, 0.3) is 0 Å². The van der Waals surface area contributed by atoms with Gasteiger partial charge < -0.3 is 15.8 Å². The summed E-state index contributed by atoms with van der Waals surface area (Å²) in [6.45, 7) is 5.45. The van der Waals surface area contributed by atoms with Crippen molar-refractivity contribution in [2.75, 3.05) is 12.3 Å². The highest BCUT2D eigenvalue weighted by Crippen LogP contribution is 2.17. The number of esters is 1. The number of hydrogen-bond acceptors (Lipinski definition) is 4. The molecule has 0 fully saturated rings. The van der Waals surface area contributed by atoms with Crippen LogP contribution in [0.4, 0.5) is 5.69 Å². The Hall–Kier alpha value is -2.04. The van der Waals surface area contributed by atoms with Gasteiger partial charge in [0.25, 0.3) is 5.91 Å². The highest BCUT2D eigenvalue weighted by molar-refractivity contribution is 5.97. The number of nitrogens with two attached hydrogens (primary N) is 1. The molecule has 0 aliphatic rings. The summed E-state index contributed by atoms with van der Waals surface area (Å²) in [5.74, 6) is -0.870. The molecule has 0 aliphatic heterocycles. The molecule has 0 saturated carbocycles. The summed E-state index contributed by atoms with van der Waals surface area (Å²) >= 11 is 0. The molecule has 1 aromatic carbocycles. The zero-order chi connectivity index (χ0) is 15.1. The number of benzene rings is 1. The van der Waals surface area contributed by atoms with Gasteiger partial charge in [0.15, 0.2) is 6.61 Å². The van der Waals surface area contributed by atoms with E-state index >= 15 is 0 Å². The van der Waals surface area contributed by atoms with Crippen molar-refractivity contribution < 1.29 is 14.3 Å². The molecule has 1 amide bonds. The second-order valence-electron chi connectivity index (χ2n) is 4.87. The van der Waals surface area contributed by atoms with E-state index in [9.17, 15) is 9.59 Å². The van der Waals surface area contributed by atoms with Gasteiger partial charge in [-0.2, -0.15) is 0 Å². The van der Waals surface area contributed by atoms with Crippen LogP contribution in [0.5, 0.6) is 0 Å². The van der Waals surface area contributed by atoms with Gasteiger partial charge in [0.1, 0.15) is 0 Å². The van der Waals surface area contributed by atoms with E-state index in [-0.39, 0.29) is 18.6 Å². The van der Waals surface area contributed by atoms with E-state index in [1.807, 2.05) is 13.8 Å². The Balaban J connectivity index is 2.53. The Kier molecular flexibility index (Phi) is 6.03. The molecule has 1 atom stereocenters. The van der Waals surface area contributed by atoms with Crippen LogP contribution < -0.4 is 11.1 Å². The number of hydrogen-bond donors (Lipinski definition) is 2. The normalized spacial score (nSPS) is 11.8. The van der Waals surface area contributed by atoms with Crippen molar-refractivity contribution in [2.45, 2.75) is 39.7 Å². The van der Waals surface area contributed by atoms with Gasteiger partial charge in [0, 0.05) is 11.7 Å². The summed E-state index contributed by atoms with van der Waals surface area (Å²) in [5, 5.41) is 2.77. The SMILES string of the molecule is CCCC(C)NC(=O)COC(=O)c1c(C)cccc1N. The second kappa shape index (κ2) is 7.53. The van der Waals surface area contributed by atoms with E-state index in [1.165, 1.54) is 0 Å². The Labute approximate surface area is 119 Å². The zero-order valence-corrected chi connectivity index (χ0v) is 12.2. The Bertz CT molecular complexity index is 466. The Morgan fingerprint density at radius 1 is 1.40 bits per heavy atom. The van der Waals surface area contributed by atoms with Gasteiger partial charge in [0.2, 0.25) is 0 Å². The minimum atomic E-state index is -0.570. The fourth-order valence-corrected chi connectivity index (χ4v) is 1.99. The quantitative estimate of drug-likeness (QED) is 0.616. The van der Waals surface area contributed by atoms with Crippen LogP contribution in [0.3, 0.4) is 0 Å². The predicted molar refractivity (Wildman–Crippen MR) is 78.4 cm³/mol. The molecule has 0 aromatic heterocycles. The minimum Gasteiger partial charge on any atom is -0.452 e. The topological polar surface area (TPSA) is 81.4 Å². The number of carbonyl (C=O) groups excluding carboxylic acids is 2. The number of nitrogen functional groups attached to an aromatic ring is 1. The van der Waals surface area contributed by atoms with Crippen LogP contribution in [0.2, 0.25) is 0 Å². The van der Waals surface area contributed by atoms with Crippen molar-refractivity contribution >= 4 is 17.6 Å². The molecule has 0 spiro atoms. The third kappa shape index (κ3) is 4.57. The van der Waals surface area contributed by atoms with Gasteiger partial charge >= 0.3 is 5.97 Å². The van der Waals surface area contributed by atoms with E-state index < -0.39 is 5.97 Å². The average Bonchev–Trinajstić information content (AvgIpc) is 2.36. The highest BCUT2D eigenvalue weighted by Gasteiger charge is 2.16. The summed E-state index contributed by atoms with van der Waals surface area (Å²) in [6.07, 6.45) is 1.88. The van der Waals surface area contributed by atoms with Crippen molar-refractivity contribution in [3.8, 4) is 0 Å². The number of nitrogens with one attached hydrogen (secondary N) is 1. The van der Waals surface area contributed by atoms with Crippen LogP contribution in [0.15, 0.2) is 18.2 Å². The fraction of sp³-hybridized carbons (Fsp3) is 0.467. The van der Waals surface area contributed by atoms with Crippen LogP contribution in [0, 0.1) is 6.92 Å². The molecule has 0 saturated heterocycles. The molecule has 110 valence electrons. The number of anilines is 1. The first-order valence-corrected chi connectivity index (χ1v) is 6.77. The first-order chi connectivity index (χ1) is 9.45. The lowest BCUT2D eigenvalue weighted by Crippen LogP contribution is -2.35. The van der Waals surface area contributed by atoms with E-state index in [0.29, 0.717) is 11.3 Å². The fourth-order valence-electron chi connectivity index (χ4n) is 1.99. The maximum atomic E-state index is 11.9. The molecule has 1 rings (SSSR count). The first-order valence-electron chi connectivity index (χ1n) is 6.77. The van der Waals surface area contributed by atoms with Gasteiger partial charge in [-0.3, -0.25) is 4.79 Å². The largest absolute Gasteiger partial charge is 0.452 e. The molecule has 0 aliphatic carbocycles. The van der Waals surface area contributed by atoms with Crippen LogP contribution >= 0.6 is 0 Å².